The van der Waals surface area contributed by atoms with Crippen LogP contribution in [0.2, 0.25) is 0 Å². The van der Waals surface area contributed by atoms with Crippen molar-refractivity contribution in [1.82, 2.24) is 10.3 Å². The summed E-state index contributed by atoms with van der Waals surface area (Å²) in [6, 6.07) is 4.81. The summed E-state index contributed by atoms with van der Waals surface area (Å²) in [5.74, 6) is 1.73. The third kappa shape index (κ3) is 4.44. The van der Waals surface area contributed by atoms with Gasteiger partial charge in [0.05, 0.1) is 11.8 Å². The Morgan fingerprint density at radius 3 is 2.86 bits per heavy atom. The lowest BCUT2D eigenvalue weighted by Gasteiger charge is -2.38. The van der Waals surface area contributed by atoms with Gasteiger partial charge in [0.15, 0.2) is 0 Å². The molecule has 0 radical (unpaired) electrons. The van der Waals surface area contributed by atoms with Gasteiger partial charge >= 0.3 is 0 Å². The second-order valence-electron chi connectivity index (χ2n) is 7.79. The molecule has 116 valence electrons. The third-order valence-corrected chi connectivity index (χ3v) is 4.59. The smallest absolute Gasteiger partial charge is 0.123 e. The summed E-state index contributed by atoms with van der Waals surface area (Å²) in [5, 5.41) is 3.51. The Bertz CT molecular complexity index is 482. The van der Waals surface area contributed by atoms with Gasteiger partial charge in [-0.25, -0.2) is 0 Å². The molecular formula is C18H28N2O. The number of aromatic nitrogens is 1. The molecule has 2 saturated carbocycles. The minimum absolute atomic E-state index is 0.343. The molecule has 3 rings (SSSR count). The zero-order valence-corrected chi connectivity index (χ0v) is 13.6. The molecule has 2 fully saturated rings. The van der Waals surface area contributed by atoms with Crippen molar-refractivity contribution in [3.8, 4) is 5.75 Å². The van der Waals surface area contributed by atoms with Gasteiger partial charge in [-0.3, -0.25) is 4.98 Å². The van der Waals surface area contributed by atoms with E-state index in [-0.39, 0.29) is 0 Å². The summed E-state index contributed by atoms with van der Waals surface area (Å²) in [5.41, 5.74) is 1.48. The number of nitrogens with zero attached hydrogens (tertiary/aromatic N) is 1. The van der Waals surface area contributed by atoms with E-state index in [1.807, 2.05) is 12.3 Å². The third-order valence-electron chi connectivity index (χ3n) is 4.59. The lowest BCUT2D eigenvalue weighted by atomic mass is 9.71. The maximum Gasteiger partial charge on any atom is 0.123 e. The van der Waals surface area contributed by atoms with E-state index in [0.717, 1.165) is 36.4 Å². The van der Waals surface area contributed by atoms with Gasteiger partial charge in [-0.1, -0.05) is 20.8 Å². The lowest BCUT2D eigenvalue weighted by molar-refractivity contribution is 0.0561. The molecule has 0 aromatic carbocycles. The van der Waals surface area contributed by atoms with Crippen molar-refractivity contribution in [2.45, 2.75) is 71.6 Å². The van der Waals surface area contributed by atoms with Crippen molar-refractivity contribution in [2.24, 2.45) is 11.3 Å². The van der Waals surface area contributed by atoms with Crippen molar-refractivity contribution < 1.29 is 4.74 Å². The predicted molar refractivity (Wildman–Crippen MR) is 85.3 cm³/mol. The van der Waals surface area contributed by atoms with Crippen molar-refractivity contribution in [3.63, 3.8) is 0 Å². The van der Waals surface area contributed by atoms with Crippen LogP contribution in [-0.4, -0.2) is 17.1 Å². The van der Waals surface area contributed by atoms with Gasteiger partial charge in [-0.15, -0.1) is 0 Å². The summed E-state index contributed by atoms with van der Waals surface area (Å²) < 4.78 is 6.26. The maximum absolute atomic E-state index is 6.26. The van der Waals surface area contributed by atoms with Gasteiger partial charge in [0, 0.05) is 24.8 Å². The van der Waals surface area contributed by atoms with Gasteiger partial charge in [-0.05, 0) is 49.5 Å². The Hall–Kier alpha value is -1.09. The van der Waals surface area contributed by atoms with Crippen LogP contribution in [0.1, 0.15) is 58.6 Å². The highest BCUT2D eigenvalue weighted by atomic mass is 16.5. The number of hydrogen-bond donors (Lipinski definition) is 1. The average molecular weight is 288 g/mol. The van der Waals surface area contributed by atoms with Gasteiger partial charge in [0.2, 0.25) is 0 Å². The molecule has 1 aromatic rings. The molecule has 0 saturated heterocycles. The number of pyridine rings is 1. The maximum atomic E-state index is 6.26. The Kier molecular flexibility index (Phi) is 4.21. The quantitative estimate of drug-likeness (QED) is 0.891. The van der Waals surface area contributed by atoms with Crippen molar-refractivity contribution in [3.05, 3.63) is 24.0 Å². The summed E-state index contributed by atoms with van der Waals surface area (Å²) >= 11 is 0. The molecule has 2 aliphatic carbocycles. The van der Waals surface area contributed by atoms with Crippen molar-refractivity contribution in [1.29, 1.82) is 0 Å². The van der Waals surface area contributed by atoms with E-state index in [1.165, 1.54) is 25.7 Å². The largest absolute Gasteiger partial charge is 0.490 e. The molecule has 3 heteroatoms. The van der Waals surface area contributed by atoms with Crippen LogP contribution in [0.3, 0.4) is 0 Å². The van der Waals surface area contributed by atoms with Crippen molar-refractivity contribution in [2.75, 3.05) is 0 Å². The zero-order chi connectivity index (χ0) is 14.9. The summed E-state index contributed by atoms with van der Waals surface area (Å²) in [6.07, 6.45) is 8.46. The highest BCUT2D eigenvalue weighted by Gasteiger charge is 2.33. The molecule has 3 nitrogen and oxygen atoms in total. The molecule has 0 spiro atoms. The van der Waals surface area contributed by atoms with Gasteiger partial charge in [0.1, 0.15) is 5.75 Å². The minimum Gasteiger partial charge on any atom is -0.490 e. The van der Waals surface area contributed by atoms with E-state index in [4.69, 9.17) is 4.74 Å². The van der Waals surface area contributed by atoms with Gasteiger partial charge < -0.3 is 10.1 Å². The van der Waals surface area contributed by atoms with E-state index in [0.29, 0.717) is 11.5 Å². The fourth-order valence-electron chi connectivity index (χ4n) is 3.70. The summed E-state index contributed by atoms with van der Waals surface area (Å²) in [6.45, 7) is 7.91. The summed E-state index contributed by atoms with van der Waals surface area (Å²) in [7, 11) is 0. The van der Waals surface area contributed by atoms with Crippen LogP contribution in [0, 0.1) is 11.3 Å². The monoisotopic (exact) mass is 288 g/mol. The molecule has 0 amide bonds. The van der Waals surface area contributed by atoms with E-state index < -0.39 is 0 Å². The molecular weight excluding hydrogens is 260 g/mol. The SMILES string of the molecule is CC1CC(Oc2ccnc(CNC3CC3)c2)CC(C)(C)C1. The molecule has 21 heavy (non-hydrogen) atoms. The average Bonchev–Trinajstić information content (AvgIpc) is 3.18. The van der Waals surface area contributed by atoms with Crippen LogP contribution >= 0.6 is 0 Å². The molecule has 2 atom stereocenters. The number of nitrogens with one attached hydrogen (secondary N) is 1. The molecule has 1 heterocycles. The molecule has 2 unspecified atom stereocenters. The number of ether oxygens (including phenoxy) is 1. The fraction of sp³-hybridized carbons (Fsp3) is 0.722. The number of rotatable bonds is 5. The van der Waals surface area contributed by atoms with Gasteiger partial charge in [-0.2, -0.15) is 0 Å². The van der Waals surface area contributed by atoms with Crippen LogP contribution in [0.25, 0.3) is 0 Å². The van der Waals surface area contributed by atoms with E-state index in [1.54, 1.807) is 0 Å². The van der Waals surface area contributed by atoms with Crippen LogP contribution in [0.5, 0.6) is 5.75 Å². The van der Waals surface area contributed by atoms with Crippen molar-refractivity contribution >= 4 is 0 Å². The van der Waals surface area contributed by atoms with Crippen LogP contribution in [0.15, 0.2) is 18.3 Å². The first-order valence-electron chi connectivity index (χ1n) is 8.35. The predicted octanol–water partition coefficient (Wildman–Crippen LogP) is 3.93. The topological polar surface area (TPSA) is 34.1 Å². The van der Waals surface area contributed by atoms with E-state index >= 15 is 0 Å². The zero-order valence-electron chi connectivity index (χ0n) is 13.6. The highest BCUT2D eigenvalue weighted by molar-refractivity contribution is 5.23. The first-order valence-corrected chi connectivity index (χ1v) is 8.35. The Morgan fingerprint density at radius 2 is 2.14 bits per heavy atom. The number of hydrogen-bond acceptors (Lipinski definition) is 3. The minimum atomic E-state index is 0.343. The first-order chi connectivity index (χ1) is 10.00. The molecule has 1 aromatic heterocycles. The molecule has 0 bridgehead atoms. The van der Waals surface area contributed by atoms with E-state index in [9.17, 15) is 0 Å². The van der Waals surface area contributed by atoms with Crippen LogP contribution < -0.4 is 10.1 Å². The molecule has 1 N–H and O–H groups in total. The van der Waals surface area contributed by atoms with Crippen LogP contribution in [0.4, 0.5) is 0 Å². The fourth-order valence-corrected chi connectivity index (χ4v) is 3.70. The standard InChI is InChI=1S/C18H28N2O/c1-13-8-17(11-18(2,3)10-13)21-16-6-7-19-15(9-16)12-20-14-4-5-14/h6-7,9,13-14,17,20H,4-5,8,10-12H2,1-3H3. The normalized spacial score (nSPS) is 28.3. The Labute approximate surface area is 128 Å². The lowest BCUT2D eigenvalue weighted by Crippen LogP contribution is -2.34. The molecule has 0 aliphatic heterocycles. The van der Waals surface area contributed by atoms with E-state index in [2.05, 4.69) is 37.1 Å². The Balaban J connectivity index is 1.59. The summed E-state index contributed by atoms with van der Waals surface area (Å²) in [4.78, 5) is 4.43. The van der Waals surface area contributed by atoms with Gasteiger partial charge in [0.25, 0.3) is 0 Å². The second kappa shape index (κ2) is 5.96. The Morgan fingerprint density at radius 1 is 1.33 bits per heavy atom. The highest BCUT2D eigenvalue weighted by Crippen LogP contribution is 2.39. The first kappa shape index (κ1) is 14.8. The molecule has 2 aliphatic rings. The second-order valence-corrected chi connectivity index (χ2v) is 7.79. The van der Waals surface area contributed by atoms with Crippen LogP contribution in [-0.2, 0) is 6.54 Å².